The van der Waals surface area contributed by atoms with E-state index in [4.69, 9.17) is 10.5 Å². The second-order valence-electron chi connectivity index (χ2n) is 8.81. The maximum atomic E-state index is 15.1. The fourth-order valence-corrected chi connectivity index (χ4v) is 4.39. The predicted octanol–water partition coefficient (Wildman–Crippen LogP) is 6.91. The summed E-state index contributed by atoms with van der Waals surface area (Å²) in [6.45, 7) is 0.767. The molecule has 1 aliphatic rings. The first-order valence-electron chi connectivity index (χ1n) is 11.6. The smallest absolute Gasteiger partial charge is 0.219 e. The number of pyridine rings is 1. The van der Waals surface area contributed by atoms with E-state index in [2.05, 4.69) is 4.98 Å². The summed E-state index contributed by atoms with van der Waals surface area (Å²) in [6, 6.07) is 4.84. The summed E-state index contributed by atoms with van der Waals surface area (Å²) < 4.78 is 162. The van der Waals surface area contributed by atoms with Crippen LogP contribution in [0.1, 0.15) is 33.5 Å². The topological polar surface area (TPSA) is 132 Å². The normalized spacial score (nSPS) is 14.0. The van der Waals surface area contributed by atoms with Gasteiger partial charge in [0.15, 0.2) is 58.2 Å². The first-order valence-corrected chi connectivity index (χ1v) is 11.6. The zero-order valence-electron chi connectivity index (χ0n) is 21.8. The number of nitriles is 5. The van der Waals surface area contributed by atoms with E-state index in [-0.39, 0.29) is 0 Å². The number of allylic oxidation sites excluding steroid dienone is 6. The monoisotopic (exact) mass is 644 g/mol. The molecule has 0 spiro atoms. The Balaban J connectivity index is 2.36. The van der Waals surface area contributed by atoms with Crippen molar-refractivity contribution < 1.29 is 48.3 Å². The molecule has 17 heteroatoms. The van der Waals surface area contributed by atoms with Gasteiger partial charge in [-0.3, -0.25) is 0 Å². The molecular formula is C29H3F11N6. The highest BCUT2D eigenvalue weighted by Crippen LogP contribution is 2.57. The Labute approximate surface area is 248 Å². The van der Waals surface area contributed by atoms with Crippen molar-refractivity contribution in [2.45, 2.75) is 6.92 Å². The minimum absolute atomic E-state index is 0.767. The number of rotatable bonds is 3. The van der Waals surface area contributed by atoms with Gasteiger partial charge in [-0.1, -0.05) is 0 Å². The molecule has 0 radical (unpaired) electrons. The lowest BCUT2D eigenvalue weighted by molar-refractivity contribution is 0.446. The van der Waals surface area contributed by atoms with Gasteiger partial charge >= 0.3 is 0 Å². The molecule has 0 saturated heterocycles. The molecule has 1 aromatic heterocycles. The summed E-state index contributed by atoms with van der Waals surface area (Å²) in [4.78, 5) is 2.89. The van der Waals surface area contributed by atoms with Crippen molar-refractivity contribution in [3.05, 3.63) is 114 Å². The zero-order valence-corrected chi connectivity index (χ0v) is 21.8. The number of aryl methyl sites for hydroxylation is 1. The average molecular weight is 644 g/mol. The SMILES string of the molecule is Cc1nc(F)c(F)c(C(C#N)=C2C(=C(C#N)c3c(F)c(F)c(C#N)c(F)c3F)C2=C(C#N)c2c(F)c(F)c(C#N)c(F)c2F)c1F. The Morgan fingerprint density at radius 2 is 0.717 bits per heavy atom. The molecule has 3 aromatic rings. The molecular weight excluding hydrogens is 641 g/mol. The second kappa shape index (κ2) is 11.5. The molecule has 0 unspecified atom stereocenters. The Hall–Kier alpha value is -6.51. The Morgan fingerprint density at radius 1 is 0.435 bits per heavy atom. The highest BCUT2D eigenvalue weighted by Gasteiger charge is 2.46. The highest BCUT2D eigenvalue weighted by molar-refractivity contribution is 6.12. The van der Waals surface area contributed by atoms with Crippen LogP contribution in [0.15, 0.2) is 16.7 Å². The summed E-state index contributed by atoms with van der Waals surface area (Å²) >= 11 is 0. The number of hydrogen-bond acceptors (Lipinski definition) is 6. The lowest BCUT2D eigenvalue weighted by Gasteiger charge is -2.08. The van der Waals surface area contributed by atoms with E-state index in [1.165, 1.54) is 0 Å². The Kier molecular flexibility index (Phi) is 8.12. The molecule has 46 heavy (non-hydrogen) atoms. The maximum Gasteiger partial charge on any atom is 0.250 e. The molecule has 226 valence electrons. The molecule has 0 atom stereocenters. The van der Waals surface area contributed by atoms with Crippen LogP contribution in [0.25, 0.3) is 16.7 Å². The lowest BCUT2D eigenvalue weighted by atomic mass is 9.99. The van der Waals surface area contributed by atoms with E-state index in [1.54, 1.807) is 0 Å². The number of halogens is 11. The lowest BCUT2D eigenvalue weighted by Crippen LogP contribution is -2.06. The number of benzene rings is 2. The van der Waals surface area contributed by atoms with Crippen LogP contribution in [-0.2, 0) is 0 Å². The van der Waals surface area contributed by atoms with Crippen molar-refractivity contribution in [2.75, 3.05) is 0 Å². The van der Waals surface area contributed by atoms with Gasteiger partial charge in [0, 0.05) is 16.7 Å². The van der Waals surface area contributed by atoms with Gasteiger partial charge in [-0.05, 0) is 6.92 Å². The molecule has 4 rings (SSSR count). The van der Waals surface area contributed by atoms with E-state index in [0.29, 0.717) is 0 Å². The molecule has 1 heterocycles. The average Bonchev–Trinajstić information content (AvgIpc) is 3.74. The van der Waals surface area contributed by atoms with Crippen LogP contribution in [0, 0.1) is 128 Å². The van der Waals surface area contributed by atoms with Gasteiger partial charge in [-0.25, -0.2) is 48.9 Å². The van der Waals surface area contributed by atoms with E-state index in [9.17, 15) is 42.1 Å². The predicted molar refractivity (Wildman–Crippen MR) is 128 cm³/mol. The fraction of sp³-hybridized carbons (Fsp3) is 0.0345. The van der Waals surface area contributed by atoms with Gasteiger partial charge < -0.3 is 0 Å². The van der Waals surface area contributed by atoms with Crippen molar-refractivity contribution in [2.24, 2.45) is 0 Å². The largest absolute Gasteiger partial charge is 0.250 e. The number of hydrogen-bond donors (Lipinski definition) is 0. The standard InChI is InChI=1S/C29H3F11N6/c1-7-19(30)16(28(39)29(40)46-7)8(2-41)13-14(9(3-42)17-24(35)20(31)11(5-44)21(32)25(17)36)15(13)10(4-43)18-26(37)22(33)12(6-45)23(34)27(18)38/h1H3. The number of aromatic nitrogens is 1. The number of nitrogens with zero attached hydrogens (tertiary/aromatic N) is 6. The summed E-state index contributed by atoms with van der Waals surface area (Å²) in [6.07, 6.45) is 0. The third-order valence-electron chi connectivity index (χ3n) is 6.48. The summed E-state index contributed by atoms with van der Waals surface area (Å²) in [5.74, 6) is -25.3. The molecule has 0 amide bonds. The van der Waals surface area contributed by atoms with Crippen molar-refractivity contribution in [1.29, 1.82) is 26.3 Å². The van der Waals surface area contributed by atoms with E-state index in [0.717, 1.165) is 37.3 Å². The fourth-order valence-electron chi connectivity index (χ4n) is 4.39. The molecule has 0 bridgehead atoms. The summed E-state index contributed by atoms with van der Waals surface area (Å²) in [7, 11) is 0. The van der Waals surface area contributed by atoms with Crippen LogP contribution in [-0.4, -0.2) is 4.98 Å². The summed E-state index contributed by atoms with van der Waals surface area (Å²) in [5, 5.41) is 47.1. The van der Waals surface area contributed by atoms with Gasteiger partial charge in [-0.15, -0.1) is 0 Å². The highest BCUT2D eigenvalue weighted by atomic mass is 19.2. The zero-order chi connectivity index (χ0) is 34.5. The Morgan fingerprint density at radius 3 is 0.978 bits per heavy atom. The molecule has 1 saturated carbocycles. The first-order chi connectivity index (χ1) is 21.7. The molecule has 0 aliphatic heterocycles. The van der Waals surface area contributed by atoms with Gasteiger partial charge in [0.25, 0.3) is 0 Å². The third-order valence-corrected chi connectivity index (χ3v) is 6.48. The minimum atomic E-state index is -2.45. The molecule has 1 fully saturated rings. The first kappa shape index (κ1) is 32.4. The van der Waals surface area contributed by atoms with Crippen molar-refractivity contribution in [1.82, 2.24) is 4.98 Å². The summed E-state index contributed by atoms with van der Waals surface area (Å²) in [5.41, 5.74) is -18.6. The molecule has 6 nitrogen and oxygen atoms in total. The van der Waals surface area contributed by atoms with Gasteiger partial charge in [0.1, 0.15) is 41.5 Å². The molecule has 1 aliphatic carbocycles. The van der Waals surface area contributed by atoms with Crippen LogP contribution < -0.4 is 0 Å². The van der Waals surface area contributed by atoms with Crippen LogP contribution in [0.4, 0.5) is 48.3 Å². The van der Waals surface area contributed by atoms with E-state index >= 15 is 22.0 Å². The maximum absolute atomic E-state index is 15.1. The second-order valence-corrected chi connectivity index (χ2v) is 8.81. The van der Waals surface area contributed by atoms with Crippen LogP contribution >= 0.6 is 0 Å². The molecule has 0 N–H and O–H groups in total. The van der Waals surface area contributed by atoms with E-state index < -0.39 is 131 Å². The van der Waals surface area contributed by atoms with Gasteiger partial charge in [-0.2, -0.15) is 30.7 Å². The van der Waals surface area contributed by atoms with Crippen molar-refractivity contribution >= 4 is 16.7 Å². The molecule has 2 aromatic carbocycles. The van der Waals surface area contributed by atoms with Gasteiger partial charge in [0.2, 0.25) is 5.95 Å². The Bertz CT molecular complexity index is 2080. The van der Waals surface area contributed by atoms with E-state index in [1.807, 2.05) is 0 Å². The van der Waals surface area contributed by atoms with Crippen LogP contribution in [0.2, 0.25) is 0 Å². The van der Waals surface area contributed by atoms with Crippen molar-refractivity contribution in [3.8, 4) is 30.3 Å². The van der Waals surface area contributed by atoms with Gasteiger partial charge in [0.05, 0.1) is 39.1 Å². The van der Waals surface area contributed by atoms with Crippen LogP contribution in [0.3, 0.4) is 0 Å². The quantitative estimate of drug-likeness (QED) is 0.132. The minimum Gasteiger partial charge on any atom is -0.219 e. The third kappa shape index (κ3) is 4.49. The van der Waals surface area contributed by atoms with Crippen molar-refractivity contribution in [3.63, 3.8) is 0 Å². The van der Waals surface area contributed by atoms with Crippen LogP contribution in [0.5, 0.6) is 0 Å².